The van der Waals surface area contributed by atoms with Crippen molar-refractivity contribution in [1.82, 2.24) is 14.5 Å². The first kappa shape index (κ1) is 20.9. The van der Waals surface area contributed by atoms with Crippen LogP contribution in [0.15, 0.2) is 81.3 Å². The van der Waals surface area contributed by atoms with E-state index in [0.717, 1.165) is 5.56 Å². The fourth-order valence-corrected chi connectivity index (χ4v) is 4.07. The highest BCUT2D eigenvalue weighted by Crippen LogP contribution is 2.20. The normalized spacial score (nSPS) is 11.0. The summed E-state index contributed by atoms with van der Waals surface area (Å²) in [6, 6.07) is 16.7. The van der Waals surface area contributed by atoms with E-state index >= 15 is 0 Å². The van der Waals surface area contributed by atoms with Crippen molar-refractivity contribution in [2.45, 2.75) is 18.2 Å². The lowest BCUT2D eigenvalue weighted by Crippen LogP contribution is -2.29. The van der Waals surface area contributed by atoms with E-state index in [4.69, 9.17) is 4.42 Å². The van der Waals surface area contributed by atoms with Gasteiger partial charge in [0.15, 0.2) is 5.16 Å². The summed E-state index contributed by atoms with van der Waals surface area (Å²) in [5.41, 5.74) is 1.14. The van der Waals surface area contributed by atoms with Crippen LogP contribution in [-0.2, 0) is 17.9 Å². The minimum absolute atomic E-state index is 0.114. The van der Waals surface area contributed by atoms with Crippen LogP contribution in [0, 0.1) is 5.82 Å². The number of para-hydroxylation sites is 1. The molecule has 2 heterocycles. The van der Waals surface area contributed by atoms with Crippen LogP contribution in [0.4, 0.5) is 4.39 Å². The molecule has 0 saturated heterocycles. The third-order valence-electron chi connectivity index (χ3n) is 4.80. The Morgan fingerprint density at radius 3 is 2.65 bits per heavy atom. The van der Waals surface area contributed by atoms with Crippen LogP contribution in [0.25, 0.3) is 10.9 Å². The number of carbonyl (C=O) groups is 1. The van der Waals surface area contributed by atoms with Gasteiger partial charge >= 0.3 is 0 Å². The van der Waals surface area contributed by atoms with Gasteiger partial charge in [0.25, 0.3) is 5.56 Å². The van der Waals surface area contributed by atoms with Crippen molar-refractivity contribution < 1.29 is 13.6 Å². The number of rotatable bonds is 7. The first-order valence-corrected chi connectivity index (χ1v) is 10.6. The Kier molecular flexibility index (Phi) is 6.18. The zero-order valence-electron chi connectivity index (χ0n) is 16.8. The second kappa shape index (κ2) is 9.18. The second-order valence-electron chi connectivity index (χ2n) is 7.05. The molecular formula is C23H20FN3O3S. The highest BCUT2D eigenvalue weighted by atomic mass is 32.2. The molecule has 158 valence electrons. The molecule has 2 aromatic carbocycles. The SMILES string of the molecule is CN(Cc1ccco1)C(=O)CSc1nc2ccccc2c(=O)n1Cc1ccc(F)cc1. The quantitative estimate of drug-likeness (QED) is 0.324. The predicted octanol–water partition coefficient (Wildman–Crippen LogP) is 3.93. The maximum Gasteiger partial charge on any atom is 0.262 e. The van der Waals surface area contributed by atoms with Crippen molar-refractivity contribution in [2.75, 3.05) is 12.8 Å². The van der Waals surface area contributed by atoms with Gasteiger partial charge in [0.05, 0.1) is 36.0 Å². The lowest BCUT2D eigenvalue weighted by Gasteiger charge is -2.17. The first-order chi connectivity index (χ1) is 15.0. The van der Waals surface area contributed by atoms with Gasteiger partial charge in [0.2, 0.25) is 5.91 Å². The molecule has 0 N–H and O–H groups in total. The molecule has 2 aromatic heterocycles. The monoisotopic (exact) mass is 437 g/mol. The van der Waals surface area contributed by atoms with Crippen molar-refractivity contribution in [2.24, 2.45) is 0 Å². The Hall–Kier alpha value is -3.39. The van der Waals surface area contributed by atoms with E-state index in [1.54, 1.807) is 54.6 Å². The Morgan fingerprint density at radius 1 is 1.13 bits per heavy atom. The molecule has 31 heavy (non-hydrogen) atoms. The van der Waals surface area contributed by atoms with E-state index in [1.807, 2.05) is 12.1 Å². The molecule has 0 atom stereocenters. The Balaban J connectivity index is 1.60. The smallest absolute Gasteiger partial charge is 0.262 e. The summed E-state index contributed by atoms with van der Waals surface area (Å²) in [5, 5.41) is 0.933. The number of nitrogens with zero attached hydrogens (tertiary/aromatic N) is 3. The number of furan rings is 1. The summed E-state index contributed by atoms with van der Waals surface area (Å²) in [7, 11) is 1.70. The van der Waals surface area contributed by atoms with Crippen LogP contribution in [0.5, 0.6) is 0 Å². The minimum atomic E-state index is -0.340. The van der Waals surface area contributed by atoms with Crippen LogP contribution in [0.1, 0.15) is 11.3 Å². The fourth-order valence-electron chi connectivity index (χ4n) is 3.13. The summed E-state index contributed by atoms with van der Waals surface area (Å²) in [6.07, 6.45) is 1.57. The summed E-state index contributed by atoms with van der Waals surface area (Å²) < 4.78 is 20.1. The van der Waals surface area contributed by atoms with Crippen LogP contribution in [-0.4, -0.2) is 33.2 Å². The van der Waals surface area contributed by atoms with Gasteiger partial charge in [0.1, 0.15) is 11.6 Å². The van der Waals surface area contributed by atoms with Crippen molar-refractivity contribution in [3.05, 3.63) is 94.4 Å². The van der Waals surface area contributed by atoms with E-state index in [9.17, 15) is 14.0 Å². The van der Waals surface area contributed by atoms with E-state index in [-0.39, 0.29) is 29.6 Å². The molecule has 1 amide bonds. The largest absolute Gasteiger partial charge is 0.467 e. The van der Waals surface area contributed by atoms with Gasteiger partial charge in [-0.3, -0.25) is 14.2 Å². The van der Waals surface area contributed by atoms with Gasteiger partial charge in [-0.05, 0) is 42.0 Å². The molecule has 8 heteroatoms. The summed E-state index contributed by atoms with van der Waals surface area (Å²) in [5.74, 6) is 0.355. The Labute approximate surface area is 182 Å². The van der Waals surface area contributed by atoms with Gasteiger partial charge in [-0.2, -0.15) is 0 Å². The molecule has 0 aliphatic heterocycles. The zero-order valence-corrected chi connectivity index (χ0v) is 17.6. The molecule has 0 spiro atoms. The Morgan fingerprint density at radius 2 is 1.90 bits per heavy atom. The molecule has 0 radical (unpaired) electrons. The summed E-state index contributed by atoms with van der Waals surface area (Å²) in [4.78, 5) is 31.9. The number of aromatic nitrogens is 2. The number of thioether (sulfide) groups is 1. The molecular weight excluding hydrogens is 417 g/mol. The van der Waals surface area contributed by atoms with Gasteiger partial charge < -0.3 is 9.32 Å². The van der Waals surface area contributed by atoms with Gasteiger partial charge in [-0.15, -0.1) is 0 Å². The van der Waals surface area contributed by atoms with Crippen molar-refractivity contribution in [3.8, 4) is 0 Å². The molecule has 6 nitrogen and oxygen atoms in total. The molecule has 0 aliphatic carbocycles. The number of halogens is 1. The molecule has 0 unspecified atom stereocenters. The maximum absolute atomic E-state index is 13.3. The number of hydrogen-bond donors (Lipinski definition) is 0. The van der Waals surface area contributed by atoms with Crippen LogP contribution >= 0.6 is 11.8 Å². The van der Waals surface area contributed by atoms with E-state index < -0.39 is 0 Å². The van der Waals surface area contributed by atoms with Gasteiger partial charge in [0, 0.05) is 7.05 Å². The average molecular weight is 437 g/mol. The lowest BCUT2D eigenvalue weighted by molar-refractivity contribution is -0.127. The third kappa shape index (κ3) is 4.86. The number of amides is 1. The van der Waals surface area contributed by atoms with Crippen molar-refractivity contribution in [3.63, 3.8) is 0 Å². The highest BCUT2D eigenvalue weighted by Gasteiger charge is 2.16. The standard InChI is InChI=1S/C23H20FN3O3S/c1-26(14-18-5-4-12-30-18)21(28)15-31-23-25-20-7-3-2-6-19(20)22(29)27(23)13-16-8-10-17(24)11-9-16/h2-12H,13-15H2,1H3. The van der Waals surface area contributed by atoms with Crippen LogP contribution in [0.2, 0.25) is 0 Å². The topological polar surface area (TPSA) is 68.3 Å². The number of benzene rings is 2. The Bertz CT molecular complexity index is 1250. The van der Waals surface area contributed by atoms with E-state index in [0.29, 0.717) is 28.4 Å². The van der Waals surface area contributed by atoms with Gasteiger partial charge in [-0.1, -0.05) is 36.0 Å². The number of hydrogen-bond acceptors (Lipinski definition) is 5. The van der Waals surface area contributed by atoms with Crippen LogP contribution < -0.4 is 5.56 Å². The molecule has 4 rings (SSSR count). The second-order valence-corrected chi connectivity index (χ2v) is 7.99. The number of carbonyl (C=O) groups excluding carboxylic acids is 1. The molecule has 0 fully saturated rings. The zero-order chi connectivity index (χ0) is 21.8. The van der Waals surface area contributed by atoms with Crippen LogP contribution in [0.3, 0.4) is 0 Å². The molecule has 0 saturated carbocycles. The summed E-state index contributed by atoms with van der Waals surface area (Å²) in [6.45, 7) is 0.593. The molecule has 0 aliphatic rings. The van der Waals surface area contributed by atoms with E-state index in [2.05, 4.69) is 4.98 Å². The maximum atomic E-state index is 13.3. The lowest BCUT2D eigenvalue weighted by atomic mass is 10.2. The predicted molar refractivity (Wildman–Crippen MR) is 117 cm³/mol. The van der Waals surface area contributed by atoms with Crippen molar-refractivity contribution >= 4 is 28.6 Å². The molecule has 0 bridgehead atoms. The van der Waals surface area contributed by atoms with Crippen molar-refractivity contribution in [1.29, 1.82) is 0 Å². The first-order valence-electron chi connectivity index (χ1n) is 9.64. The average Bonchev–Trinajstić information content (AvgIpc) is 3.28. The van der Waals surface area contributed by atoms with E-state index in [1.165, 1.54) is 28.5 Å². The minimum Gasteiger partial charge on any atom is -0.467 e. The number of fused-ring (bicyclic) bond motifs is 1. The van der Waals surface area contributed by atoms with Gasteiger partial charge in [-0.25, -0.2) is 9.37 Å². The summed E-state index contributed by atoms with van der Waals surface area (Å²) >= 11 is 1.20. The third-order valence-corrected chi connectivity index (χ3v) is 5.77. The highest BCUT2D eigenvalue weighted by molar-refractivity contribution is 7.99. The molecule has 4 aromatic rings. The fraction of sp³-hybridized carbons (Fsp3) is 0.174.